The molecule has 9 heteroatoms. The molecule has 2 fully saturated rings. The summed E-state index contributed by atoms with van der Waals surface area (Å²) in [7, 11) is 0. The molecule has 3 rings (SSSR count). The van der Waals surface area contributed by atoms with E-state index in [0.29, 0.717) is 19.7 Å². The van der Waals surface area contributed by atoms with Crippen LogP contribution in [0.1, 0.15) is 19.3 Å². The Hall–Kier alpha value is -1.74. The number of hydrogen-bond acceptors (Lipinski definition) is 7. The quantitative estimate of drug-likeness (QED) is 0.758. The van der Waals surface area contributed by atoms with Crippen molar-refractivity contribution in [1.29, 1.82) is 0 Å². The normalized spacial score (nSPS) is 23.6. The van der Waals surface area contributed by atoms with Crippen molar-refractivity contribution in [3.05, 3.63) is 0 Å². The summed E-state index contributed by atoms with van der Waals surface area (Å²) >= 11 is 0. The SMILES string of the molecule is Nc1nnnn1CC(=O)N1CCCO[C@@H](CN2CCCC2)C1. The third kappa shape index (κ3) is 3.72. The third-order valence-corrected chi connectivity index (χ3v) is 4.21. The van der Waals surface area contributed by atoms with Crippen LogP contribution < -0.4 is 5.73 Å². The number of aromatic nitrogens is 4. The average Bonchev–Trinajstić information content (AvgIpc) is 3.08. The summed E-state index contributed by atoms with van der Waals surface area (Å²) in [5.74, 6) is 0.143. The Labute approximate surface area is 129 Å². The summed E-state index contributed by atoms with van der Waals surface area (Å²) in [5, 5.41) is 10.8. The van der Waals surface area contributed by atoms with E-state index in [1.807, 2.05) is 4.90 Å². The fourth-order valence-electron chi connectivity index (χ4n) is 3.04. The molecular formula is C13H23N7O2. The molecule has 0 spiro atoms. The monoisotopic (exact) mass is 309 g/mol. The van der Waals surface area contributed by atoms with Gasteiger partial charge in [0.25, 0.3) is 0 Å². The molecule has 1 aromatic rings. The molecule has 1 amide bonds. The number of nitrogen functional groups attached to an aromatic ring is 1. The van der Waals surface area contributed by atoms with E-state index in [1.165, 1.54) is 17.5 Å². The Morgan fingerprint density at radius 2 is 2.09 bits per heavy atom. The maximum atomic E-state index is 12.4. The summed E-state index contributed by atoms with van der Waals surface area (Å²) in [5.41, 5.74) is 5.61. The van der Waals surface area contributed by atoms with E-state index < -0.39 is 0 Å². The van der Waals surface area contributed by atoms with Gasteiger partial charge in [-0.2, -0.15) is 0 Å². The van der Waals surface area contributed by atoms with Crippen LogP contribution in [0.2, 0.25) is 0 Å². The minimum atomic E-state index is -0.0177. The van der Waals surface area contributed by atoms with Gasteiger partial charge in [-0.25, -0.2) is 4.68 Å². The van der Waals surface area contributed by atoms with E-state index in [0.717, 1.165) is 26.1 Å². The smallest absolute Gasteiger partial charge is 0.244 e. The van der Waals surface area contributed by atoms with Crippen molar-refractivity contribution in [1.82, 2.24) is 30.0 Å². The molecule has 2 aliphatic heterocycles. The molecule has 0 saturated carbocycles. The summed E-state index contributed by atoms with van der Waals surface area (Å²) in [6.45, 7) is 5.28. The molecule has 1 aromatic heterocycles. The number of tetrazole rings is 1. The number of likely N-dealkylation sites (tertiary alicyclic amines) is 1. The predicted molar refractivity (Wildman–Crippen MR) is 78.8 cm³/mol. The van der Waals surface area contributed by atoms with Gasteiger partial charge >= 0.3 is 0 Å². The Balaban J connectivity index is 1.56. The van der Waals surface area contributed by atoms with Crippen molar-refractivity contribution < 1.29 is 9.53 Å². The second-order valence-corrected chi connectivity index (χ2v) is 5.89. The highest BCUT2D eigenvalue weighted by atomic mass is 16.5. The molecule has 0 radical (unpaired) electrons. The van der Waals surface area contributed by atoms with E-state index in [4.69, 9.17) is 10.5 Å². The van der Waals surface area contributed by atoms with E-state index >= 15 is 0 Å². The molecule has 0 unspecified atom stereocenters. The summed E-state index contributed by atoms with van der Waals surface area (Å²) in [6.07, 6.45) is 3.45. The van der Waals surface area contributed by atoms with Crippen LogP contribution in [0, 0.1) is 0 Å². The lowest BCUT2D eigenvalue weighted by molar-refractivity contribution is -0.133. The first-order valence-electron chi connectivity index (χ1n) is 7.86. The standard InChI is InChI=1S/C13H23N7O2/c14-13-15-16-17-20(13)10-12(21)19-6-3-7-22-11(9-19)8-18-4-1-2-5-18/h11H,1-10H2,(H2,14,15,17)/t11-/m0/s1. The second kappa shape index (κ2) is 7.01. The minimum absolute atomic E-state index is 0.0177. The topological polar surface area (TPSA) is 102 Å². The van der Waals surface area contributed by atoms with Gasteiger partial charge in [-0.15, -0.1) is 0 Å². The first-order chi connectivity index (χ1) is 10.7. The van der Waals surface area contributed by atoms with Gasteiger partial charge in [-0.05, 0) is 42.8 Å². The van der Waals surface area contributed by atoms with E-state index in [-0.39, 0.29) is 24.5 Å². The van der Waals surface area contributed by atoms with Crippen LogP contribution in [0.4, 0.5) is 5.95 Å². The molecular weight excluding hydrogens is 286 g/mol. The van der Waals surface area contributed by atoms with Crippen LogP contribution in [0.15, 0.2) is 0 Å². The van der Waals surface area contributed by atoms with Gasteiger partial charge < -0.3 is 20.3 Å². The molecule has 22 heavy (non-hydrogen) atoms. The Kier molecular flexibility index (Phi) is 4.84. The lowest BCUT2D eigenvalue weighted by Crippen LogP contribution is -2.43. The fraction of sp³-hybridized carbons (Fsp3) is 0.846. The molecule has 3 heterocycles. The molecule has 0 aliphatic carbocycles. The van der Waals surface area contributed by atoms with Crippen LogP contribution in [0.3, 0.4) is 0 Å². The zero-order chi connectivity index (χ0) is 15.4. The molecule has 2 N–H and O–H groups in total. The number of carbonyl (C=O) groups excluding carboxylic acids is 1. The Morgan fingerprint density at radius 1 is 1.27 bits per heavy atom. The highest BCUT2D eigenvalue weighted by Gasteiger charge is 2.25. The predicted octanol–water partition coefficient (Wildman–Crippen LogP) is -1.03. The maximum Gasteiger partial charge on any atom is 0.244 e. The minimum Gasteiger partial charge on any atom is -0.375 e. The largest absolute Gasteiger partial charge is 0.375 e. The Bertz CT molecular complexity index is 500. The lowest BCUT2D eigenvalue weighted by Gasteiger charge is -2.27. The van der Waals surface area contributed by atoms with Crippen LogP contribution in [-0.4, -0.2) is 81.3 Å². The highest BCUT2D eigenvalue weighted by molar-refractivity contribution is 5.76. The van der Waals surface area contributed by atoms with E-state index in [1.54, 1.807) is 0 Å². The highest BCUT2D eigenvalue weighted by Crippen LogP contribution is 2.13. The van der Waals surface area contributed by atoms with Gasteiger partial charge in [0.1, 0.15) is 6.54 Å². The summed E-state index contributed by atoms with van der Waals surface area (Å²) in [4.78, 5) is 16.7. The number of hydrogen-bond donors (Lipinski definition) is 1. The van der Waals surface area contributed by atoms with Gasteiger partial charge in [0, 0.05) is 26.2 Å². The zero-order valence-corrected chi connectivity index (χ0v) is 12.7. The maximum absolute atomic E-state index is 12.4. The van der Waals surface area contributed by atoms with Crippen molar-refractivity contribution >= 4 is 11.9 Å². The zero-order valence-electron chi connectivity index (χ0n) is 12.7. The van der Waals surface area contributed by atoms with Gasteiger partial charge in [0.05, 0.1) is 6.10 Å². The van der Waals surface area contributed by atoms with E-state index in [2.05, 4.69) is 20.4 Å². The van der Waals surface area contributed by atoms with Crippen molar-refractivity contribution in [2.24, 2.45) is 0 Å². The number of amides is 1. The molecule has 2 aliphatic rings. The molecule has 1 atom stereocenters. The first-order valence-corrected chi connectivity index (χ1v) is 7.86. The van der Waals surface area contributed by atoms with Gasteiger partial charge in [0.2, 0.25) is 11.9 Å². The number of ether oxygens (including phenoxy) is 1. The summed E-state index contributed by atoms with van der Waals surface area (Å²) in [6, 6.07) is 0. The van der Waals surface area contributed by atoms with Crippen LogP contribution in [-0.2, 0) is 16.1 Å². The van der Waals surface area contributed by atoms with Crippen LogP contribution in [0.25, 0.3) is 0 Å². The summed E-state index contributed by atoms with van der Waals surface area (Å²) < 4.78 is 7.22. The Morgan fingerprint density at radius 3 is 2.82 bits per heavy atom. The second-order valence-electron chi connectivity index (χ2n) is 5.89. The van der Waals surface area contributed by atoms with E-state index in [9.17, 15) is 4.79 Å². The van der Waals surface area contributed by atoms with Crippen molar-refractivity contribution in [2.45, 2.75) is 31.9 Å². The lowest BCUT2D eigenvalue weighted by atomic mass is 10.3. The van der Waals surface area contributed by atoms with Crippen molar-refractivity contribution in [3.63, 3.8) is 0 Å². The number of rotatable bonds is 4. The number of nitrogens with two attached hydrogens (primary N) is 1. The van der Waals surface area contributed by atoms with Gasteiger partial charge in [0.15, 0.2) is 0 Å². The molecule has 122 valence electrons. The molecule has 2 saturated heterocycles. The molecule has 0 bridgehead atoms. The molecule has 0 aromatic carbocycles. The van der Waals surface area contributed by atoms with Gasteiger partial charge in [-0.1, -0.05) is 5.10 Å². The van der Waals surface area contributed by atoms with Crippen LogP contribution >= 0.6 is 0 Å². The van der Waals surface area contributed by atoms with Gasteiger partial charge in [-0.3, -0.25) is 4.79 Å². The number of carbonyl (C=O) groups is 1. The number of anilines is 1. The fourth-order valence-corrected chi connectivity index (χ4v) is 3.04. The van der Waals surface area contributed by atoms with Crippen molar-refractivity contribution in [3.8, 4) is 0 Å². The van der Waals surface area contributed by atoms with Crippen molar-refractivity contribution in [2.75, 3.05) is 45.1 Å². The first kappa shape index (κ1) is 15.2. The average molecular weight is 309 g/mol. The van der Waals surface area contributed by atoms with Crippen LogP contribution in [0.5, 0.6) is 0 Å². The molecule has 9 nitrogen and oxygen atoms in total. The number of nitrogens with zero attached hydrogens (tertiary/aromatic N) is 6. The third-order valence-electron chi connectivity index (χ3n) is 4.21.